The molecule has 0 bridgehead atoms. The fraction of sp³-hybridized carbons (Fsp3) is 0.500. The van der Waals surface area contributed by atoms with E-state index >= 15 is 0 Å². The number of benzene rings is 1. The highest BCUT2D eigenvalue weighted by atomic mass is 16.5. The van der Waals surface area contributed by atoms with Crippen molar-refractivity contribution in [3.05, 3.63) is 58.7 Å². The average molecular weight is 429 g/mol. The van der Waals surface area contributed by atoms with Gasteiger partial charge in [0, 0.05) is 29.9 Å². The van der Waals surface area contributed by atoms with Crippen molar-refractivity contribution >= 4 is 17.3 Å². The van der Waals surface area contributed by atoms with Gasteiger partial charge in [0.05, 0.1) is 0 Å². The first-order valence-electron chi connectivity index (χ1n) is 10.7. The van der Waals surface area contributed by atoms with Gasteiger partial charge in [0.25, 0.3) is 5.91 Å². The Morgan fingerprint density at radius 2 is 1.61 bits per heavy atom. The van der Waals surface area contributed by atoms with Gasteiger partial charge in [-0.15, -0.1) is 0 Å². The summed E-state index contributed by atoms with van der Waals surface area (Å²) in [4.78, 5) is 14.0. The molecule has 1 amide bonds. The smallest absolute Gasteiger partial charge is 0.275 e. The van der Waals surface area contributed by atoms with E-state index in [0.717, 1.165) is 28.0 Å². The minimum Gasteiger partial charge on any atom is -0.345 e. The second-order valence-corrected chi connectivity index (χ2v) is 9.71. The number of rotatable bonds is 8. The van der Waals surface area contributed by atoms with Gasteiger partial charge in [0.2, 0.25) is 5.91 Å². The number of carbonyl (C=O) groups excluding carboxylic acids is 1. The Morgan fingerprint density at radius 1 is 1.10 bits per heavy atom. The third kappa shape index (κ3) is 7.37. The SMILES string of the molecule is C=C(C)/C=C\C(=C(C)C)C(O)(O)N(CC)c1cc(C)c(NC(=O)CC(C)(C)C)c(C)c1. The zero-order chi connectivity index (χ0) is 24.1. The molecule has 5 heteroatoms. The van der Waals surface area contributed by atoms with Crippen molar-refractivity contribution < 1.29 is 15.0 Å². The van der Waals surface area contributed by atoms with E-state index in [1.807, 2.05) is 74.4 Å². The van der Waals surface area contributed by atoms with Gasteiger partial charge in [-0.2, -0.15) is 0 Å². The van der Waals surface area contributed by atoms with E-state index in [0.29, 0.717) is 24.2 Å². The van der Waals surface area contributed by atoms with Gasteiger partial charge in [0.1, 0.15) is 0 Å². The molecule has 31 heavy (non-hydrogen) atoms. The van der Waals surface area contributed by atoms with Crippen LogP contribution in [0.2, 0.25) is 0 Å². The van der Waals surface area contributed by atoms with E-state index < -0.39 is 5.91 Å². The van der Waals surface area contributed by atoms with E-state index in [9.17, 15) is 15.0 Å². The highest BCUT2D eigenvalue weighted by molar-refractivity contribution is 5.93. The van der Waals surface area contributed by atoms with Crippen molar-refractivity contribution in [3.8, 4) is 0 Å². The summed E-state index contributed by atoms with van der Waals surface area (Å²) in [6.45, 7) is 21.5. The zero-order valence-electron chi connectivity index (χ0n) is 20.7. The molecule has 1 aromatic rings. The number of carbonyl (C=O) groups is 1. The molecule has 0 saturated carbocycles. The summed E-state index contributed by atoms with van der Waals surface area (Å²) >= 11 is 0. The van der Waals surface area contributed by atoms with Gasteiger partial charge >= 0.3 is 0 Å². The lowest BCUT2D eigenvalue weighted by Crippen LogP contribution is -2.50. The molecule has 0 aliphatic rings. The largest absolute Gasteiger partial charge is 0.345 e. The maximum atomic E-state index is 12.4. The van der Waals surface area contributed by atoms with Gasteiger partial charge in [-0.3, -0.25) is 4.79 Å². The summed E-state index contributed by atoms with van der Waals surface area (Å²) < 4.78 is 0. The van der Waals surface area contributed by atoms with Crippen LogP contribution in [0.5, 0.6) is 0 Å². The molecule has 0 fully saturated rings. The van der Waals surface area contributed by atoms with E-state index in [1.54, 1.807) is 17.1 Å². The van der Waals surface area contributed by atoms with Crippen LogP contribution in [0.3, 0.4) is 0 Å². The molecule has 1 rings (SSSR count). The van der Waals surface area contributed by atoms with Crippen LogP contribution < -0.4 is 10.2 Å². The third-order valence-corrected chi connectivity index (χ3v) is 4.91. The fourth-order valence-electron chi connectivity index (χ4n) is 3.53. The van der Waals surface area contributed by atoms with Crippen molar-refractivity contribution in [1.82, 2.24) is 0 Å². The minimum atomic E-state index is -2.20. The highest BCUT2D eigenvalue weighted by Gasteiger charge is 2.35. The monoisotopic (exact) mass is 428 g/mol. The first-order chi connectivity index (χ1) is 14.1. The number of nitrogens with one attached hydrogen (secondary N) is 1. The van der Waals surface area contributed by atoms with Gasteiger partial charge in [-0.25, -0.2) is 0 Å². The van der Waals surface area contributed by atoms with Crippen LogP contribution in [0.15, 0.2) is 47.6 Å². The molecule has 0 radical (unpaired) electrons. The van der Waals surface area contributed by atoms with Crippen molar-refractivity contribution in [1.29, 1.82) is 0 Å². The first-order valence-corrected chi connectivity index (χ1v) is 10.7. The molecule has 0 aromatic heterocycles. The molecule has 0 aliphatic carbocycles. The molecule has 172 valence electrons. The molecular formula is C26H40N2O3. The molecule has 3 N–H and O–H groups in total. The first kappa shape index (κ1) is 26.7. The molecule has 0 aliphatic heterocycles. The lowest BCUT2D eigenvalue weighted by molar-refractivity contribution is -0.125. The molecular weight excluding hydrogens is 388 g/mol. The Morgan fingerprint density at radius 3 is 2.00 bits per heavy atom. The summed E-state index contributed by atoms with van der Waals surface area (Å²) in [5.74, 6) is -2.23. The second-order valence-electron chi connectivity index (χ2n) is 9.71. The van der Waals surface area contributed by atoms with Crippen LogP contribution in [0.1, 0.15) is 66.0 Å². The standard InChI is InChI=1S/C26H40N2O3/c1-11-28(26(30,31)22(18(4)5)13-12-17(2)3)21-14-19(6)24(20(7)15-21)27-23(29)16-25(8,9)10/h12-15,30-31H,2,11,16H2,1,3-10H3,(H,27,29)/b13-12-. The predicted molar refractivity (Wildman–Crippen MR) is 131 cm³/mol. The third-order valence-electron chi connectivity index (χ3n) is 4.91. The minimum absolute atomic E-state index is 0.0331. The number of hydrogen-bond donors (Lipinski definition) is 3. The number of hydrogen-bond acceptors (Lipinski definition) is 4. The Bertz CT molecular complexity index is 859. The Labute approximate surface area is 188 Å². The van der Waals surface area contributed by atoms with Crippen molar-refractivity contribution in [2.24, 2.45) is 5.41 Å². The van der Waals surface area contributed by atoms with Crippen LogP contribution >= 0.6 is 0 Å². The molecule has 1 aromatic carbocycles. The van der Waals surface area contributed by atoms with E-state index in [1.165, 1.54) is 0 Å². The number of aliphatic hydroxyl groups is 2. The van der Waals surface area contributed by atoms with Gasteiger partial charge < -0.3 is 20.4 Å². The molecule has 5 nitrogen and oxygen atoms in total. The Hall–Kier alpha value is -2.37. The topological polar surface area (TPSA) is 72.8 Å². The normalized spacial score (nSPS) is 12.1. The van der Waals surface area contributed by atoms with E-state index in [-0.39, 0.29) is 11.3 Å². The number of allylic oxidation sites excluding steroid dienone is 3. The average Bonchev–Trinajstić information content (AvgIpc) is 2.56. The number of nitrogens with zero attached hydrogens (tertiary/aromatic N) is 1. The van der Waals surface area contributed by atoms with E-state index in [2.05, 4.69) is 11.9 Å². The van der Waals surface area contributed by atoms with Crippen LogP contribution in [0, 0.1) is 19.3 Å². The summed E-state index contributed by atoms with van der Waals surface area (Å²) in [5.41, 5.74) is 5.07. The summed E-state index contributed by atoms with van der Waals surface area (Å²) in [5, 5.41) is 25.4. The van der Waals surface area contributed by atoms with Gasteiger partial charge in [-0.1, -0.05) is 50.6 Å². The number of amides is 1. The van der Waals surface area contributed by atoms with Crippen LogP contribution in [0.25, 0.3) is 0 Å². The summed E-state index contributed by atoms with van der Waals surface area (Å²) in [7, 11) is 0. The predicted octanol–water partition coefficient (Wildman–Crippen LogP) is 5.61. The van der Waals surface area contributed by atoms with Crippen molar-refractivity contribution in [3.63, 3.8) is 0 Å². The number of anilines is 2. The second kappa shape index (κ2) is 10.3. The van der Waals surface area contributed by atoms with Crippen LogP contribution in [0.4, 0.5) is 11.4 Å². The molecule has 0 heterocycles. The summed E-state index contributed by atoms with van der Waals surface area (Å²) in [6, 6.07) is 3.74. The van der Waals surface area contributed by atoms with E-state index in [4.69, 9.17) is 0 Å². The Kier molecular flexibility index (Phi) is 8.85. The lowest BCUT2D eigenvalue weighted by Gasteiger charge is -2.38. The zero-order valence-corrected chi connectivity index (χ0v) is 20.7. The Balaban J connectivity index is 3.37. The summed E-state index contributed by atoms with van der Waals surface area (Å²) in [6.07, 6.45) is 3.88. The maximum Gasteiger partial charge on any atom is 0.275 e. The quantitative estimate of drug-likeness (QED) is 0.372. The molecule has 0 atom stereocenters. The molecule has 0 saturated heterocycles. The van der Waals surface area contributed by atoms with Gasteiger partial charge in [-0.05, 0) is 70.2 Å². The lowest BCUT2D eigenvalue weighted by atomic mass is 9.92. The number of aryl methyl sites for hydroxylation is 2. The van der Waals surface area contributed by atoms with Crippen molar-refractivity contribution in [2.75, 3.05) is 16.8 Å². The van der Waals surface area contributed by atoms with Crippen molar-refractivity contribution in [2.45, 2.75) is 74.6 Å². The molecule has 0 unspecified atom stereocenters. The number of likely N-dealkylation sites (N-methyl/N-ethyl adjacent to an activating group) is 1. The van der Waals surface area contributed by atoms with Crippen LogP contribution in [-0.2, 0) is 4.79 Å². The van der Waals surface area contributed by atoms with Gasteiger partial charge in [0.15, 0.2) is 0 Å². The highest BCUT2D eigenvalue weighted by Crippen LogP contribution is 2.34. The fourth-order valence-corrected chi connectivity index (χ4v) is 3.53. The van der Waals surface area contributed by atoms with Crippen LogP contribution in [-0.4, -0.2) is 28.6 Å². The molecule has 0 spiro atoms. The maximum absolute atomic E-state index is 12.4.